The van der Waals surface area contributed by atoms with Crippen LogP contribution in [0.15, 0.2) is 127 Å². The fraction of sp³-hybridized carbons (Fsp3) is 0.0851. The molecule has 0 aliphatic heterocycles. The highest BCUT2D eigenvalue weighted by Gasteiger charge is 2.38. The van der Waals surface area contributed by atoms with Crippen LogP contribution in [-0.4, -0.2) is 9.13 Å². The third kappa shape index (κ3) is 3.73. The van der Waals surface area contributed by atoms with Gasteiger partial charge in [-0.15, -0.1) is 0 Å². The predicted octanol–water partition coefficient (Wildman–Crippen LogP) is 11.1. The van der Waals surface area contributed by atoms with Crippen molar-refractivity contribution < 1.29 is 0 Å². The van der Waals surface area contributed by atoms with Gasteiger partial charge in [0.15, 0.2) is 0 Å². The van der Waals surface area contributed by atoms with E-state index >= 15 is 0 Å². The first-order valence-electron chi connectivity index (χ1n) is 17.4. The van der Waals surface area contributed by atoms with Gasteiger partial charge in [-0.25, -0.2) is 0 Å². The first-order valence-corrected chi connectivity index (χ1v) is 17.4. The Morgan fingerprint density at radius 1 is 0.577 bits per heavy atom. The lowest BCUT2D eigenvalue weighted by Gasteiger charge is -2.23. The van der Waals surface area contributed by atoms with E-state index in [1.807, 2.05) is 12.1 Å². The molecule has 0 saturated heterocycles. The van der Waals surface area contributed by atoms with E-state index < -0.39 is 0 Å². The summed E-state index contributed by atoms with van der Waals surface area (Å²) in [5, 5.41) is 36.4. The third-order valence-corrected chi connectivity index (χ3v) is 11.3. The molecule has 10 rings (SSSR count). The minimum absolute atomic E-state index is 0.0912. The molecule has 0 radical (unpaired) electrons. The maximum absolute atomic E-state index is 11.0. The molecule has 0 atom stereocenters. The van der Waals surface area contributed by atoms with Gasteiger partial charge in [0.05, 0.1) is 50.1 Å². The lowest BCUT2D eigenvalue weighted by atomic mass is 9.80. The van der Waals surface area contributed by atoms with Crippen LogP contribution >= 0.6 is 0 Å². The summed E-state index contributed by atoms with van der Waals surface area (Å²) in [6, 6.07) is 46.9. The fourth-order valence-corrected chi connectivity index (χ4v) is 9.15. The van der Waals surface area contributed by atoms with Crippen LogP contribution in [-0.2, 0) is 5.41 Å². The second-order valence-corrected chi connectivity index (χ2v) is 14.2. The fourth-order valence-electron chi connectivity index (χ4n) is 9.15. The summed E-state index contributed by atoms with van der Waals surface area (Å²) in [5.41, 5.74) is 12.6. The van der Waals surface area contributed by atoms with Gasteiger partial charge in [0.25, 0.3) is 0 Å². The lowest BCUT2D eigenvalue weighted by molar-refractivity contribution is 0.666. The van der Waals surface area contributed by atoms with E-state index in [1.54, 1.807) is 0 Å². The minimum Gasteiger partial charge on any atom is -0.309 e. The topological polar surface area (TPSA) is 81.2 Å². The van der Waals surface area contributed by atoms with E-state index in [-0.39, 0.29) is 22.1 Å². The molecule has 0 spiro atoms. The third-order valence-electron chi connectivity index (χ3n) is 11.3. The van der Waals surface area contributed by atoms with E-state index in [0.29, 0.717) is 12.1 Å². The number of fused-ring (bicyclic) bond motifs is 10. The van der Waals surface area contributed by atoms with Crippen LogP contribution in [0.4, 0.5) is 0 Å². The van der Waals surface area contributed by atoms with Crippen molar-refractivity contribution in [2.75, 3.05) is 0 Å². The van der Waals surface area contributed by atoms with Gasteiger partial charge in [0.2, 0.25) is 0 Å². The van der Waals surface area contributed by atoms with Crippen LogP contribution in [0.2, 0.25) is 0 Å². The molecule has 0 N–H and O–H groups in total. The van der Waals surface area contributed by atoms with E-state index in [1.165, 1.54) is 22.3 Å². The normalized spacial score (nSPS) is 14.2. The smallest absolute Gasteiger partial charge is 0.103 e. The number of aromatic nitrogens is 2. The molecule has 2 aliphatic carbocycles. The van der Waals surface area contributed by atoms with Crippen molar-refractivity contribution in [3.05, 3.63) is 161 Å². The van der Waals surface area contributed by atoms with E-state index in [0.717, 1.165) is 60.4 Å². The van der Waals surface area contributed by atoms with E-state index in [9.17, 15) is 15.8 Å². The minimum atomic E-state index is -0.272. The molecular formula is C47H29N5. The summed E-state index contributed by atoms with van der Waals surface area (Å²) in [6.07, 6.45) is 4.89. The summed E-state index contributed by atoms with van der Waals surface area (Å²) in [5.74, 6) is 0. The monoisotopic (exact) mass is 663 g/mol. The highest BCUT2D eigenvalue weighted by atomic mass is 15.0. The van der Waals surface area contributed by atoms with Crippen LogP contribution in [0.25, 0.3) is 71.7 Å². The summed E-state index contributed by atoms with van der Waals surface area (Å²) < 4.78 is 4.47. The molecular weight excluding hydrogens is 635 g/mol. The number of nitriles is 3. The molecule has 0 bridgehead atoms. The molecule has 0 saturated carbocycles. The van der Waals surface area contributed by atoms with Crippen molar-refractivity contribution in [2.45, 2.75) is 25.7 Å². The molecule has 52 heavy (non-hydrogen) atoms. The average molecular weight is 664 g/mol. The Balaban J connectivity index is 1.37. The number of benzene rings is 6. The second-order valence-electron chi connectivity index (χ2n) is 14.2. The maximum atomic E-state index is 11.0. The zero-order valence-electron chi connectivity index (χ0n) is 28.6. The largest absolute Gasteiger partial charge is 0.309 e. The van der Waals surface area contributed by atoms with Crippen molar-refractivity contribution in [3.63, 3.8) is 0 Å². The Kier molecular flexibility index (Phi) is 6.11. The number of allylic oxidation sites excluding steroid dienone is 4. The van der Waals surface area contributed by atoms with Crippen LogP contribution in [0.5, 0.6) is 0 Å². The summed E-state index contributed by atoms with van der Waals surface area (Å²) >= 11 is 0. The van der Waals surface area contributed by atoms with Gasteiger partial charge in [-0.3, -0.25) is 0 Å². The Morgan fingerprint density at radius 3 is 1.87 bits per heavy atom. The zero-order valence-corrected chi connectivity index (χ0v) is 28.6. The quantitative estimate of drug-likeness (QED) is 0.189. The lowest BCUT2D eigenvalue weighted by Crippen LogP contribution is -2.15. The first-order chi connectivity index (χ1) is 25.5. The molecule has 0 amide bonds. The number of rotatable bonds is 3. The van der Waals surface area contributed by atoms with E-state index in [4.69, 9.17) is 0 Å². The molecule has 5 heteroatoms. The number of hydrogen-bond donors (Lipinski definition) is 0. The van der Waals surface area contributed by atoms with Gasteiger partial charge in [0, 0.05) is 32.5 Å². The van der Waals surface area contributed by atoms with Crippen molar-refractivity contribution in [3.8, 4) is 35.0 Å². The Morgan fingerprint density at radius 2 is 1.19 bits per heavy atom. The molecule has 0 unspecified atom stereocenters. The molecule has 242 valence electrons. The molecule has 6 aromatic carbocycles. The predicted molar refractivity (Wildman–Crippen MR) is 209 cm³/mol. The molecule has 0 fully saturated rings. The standard InChI is InChI=1S/C47H29N5/c1-47(2)38-17-7-3-12-29(38)33-22-23-43-44(45(33)47)34-15-6-10-20-42(34)52(43)46-35(24-28(25-48)36(26-49)37(46)27-50)32-16-11-21-41(32)51-39-18-8-4-13-30(39)31-14-5-9-19-40(31)51/h3-15,17-24H,16H2,1-2H3. The first kappa shape index (κ1) is 29.8. The van der Waals surface area contributed by atoms with Gasteiger partial charge in [-0.2, -0.15) is 15.8 Å². The van der Waals surface area contributed by atoms with Gasteiger partial charge in [-0.1, -0.05) is 105 Å². The van der Waals surface area contributed by atoms with Crippen molar-refractivity contribution >= 4 is 54.9 Å². The van der Waals surface area contributed by atoms with Crippen LogP contribution in [0.3, 0.4) is 0 Å². The number of hydrogen-bond acceptors (Lipinski definition) is 3. The highest BCUT2D eigenvalue weighted by Crippen LogP contribution is 2.54. The Bertz CT molecular complexity index is 3050. The van der Waals surface area contributed by atoms with E-state index in [2.05, 4.69) is 156 Å². The van der Waals surface area contributed by atoms with Gasteiger partial charge in [0.1, 0.15) is 18.2 Å². The number of nitrogens with zero attached hydrogens (tertiary/aromatic N) is 5. The molecule has 2 aromatic heterocycles. The SMILES string of the molecule is CC1(C)c2ccccc2-c2ccc3c(c21)c1ccccc1n3-c1c(C2=C(n3c4ccccc4c4ccccc43)C=CC2)cc(C#N)c(C#N)c1C#N. The molecule has 2 aliphatic rings. The number of para-hydroxylation sites is 3. The highest BCUT2D eigenvalue weighted by molar-refractivity contribution is 6.16. The zero-order chi connectivity index (χ0) is 35.3. The summed E-state index contributed by atoms with van der Waals surface area (Å²) in [7, 11) is 0. The van der Waals surface area contributed by atoms with Crippen LogP contribution < -0.4 is 0 Å². The molecule has 8 aromatic rings. The van der Waals surface area contributed by atoms with Crippen molar-refractivity contribution in [2.24, 2.45) is 0 Å². The van der Waals surface area contributed by atoms with Gasteiger partial charge in [-0.05, 0) is 70.7 Å². The summed E-state index contributed by atoms with van der Waals surface area (Å²) in [4.78, 5) is 0. The average Bonchev–Trinajstić information content (AvgIpc) is 3.93. The second kappa shape index (κ2) is 10.7. The van der Waals surface area contributed by atoms with Gasteiger partial charge >= 0.3 is 0 Å². The molecule has 2 heterocycles. The van der Waals surface area contributed by atoms with Crippen molar-refractivity contribution in [1.29, 1.82) is 15.8 Å². The van der Waals surface area contributed by atoms with Crippen molar-refractivity contribution in [1.82, 2.24) is 9.13 Å². The van der Waals surface area contributed by atoms with Gasteiger partial charge < -0.3 is 9.13 Å². The Hall–Kier alpha value is -7.13. The van der Waals surface area contributed by atoms with Crippen LogP contribution in [0.1, 0.15) is 53.6 Å². The summed E-state index contributed by atoms with van der Waals surface area (Å²) in [6.45, 7) is 4.58. The maximum Gasteiger partial charge on any atom is 0.103 e. The Labute approximate surface area is 300 Å². The van der Waals surface area contributed by atoms with Crippen LogP contribution in [0, 0.1) is 34.0 Å². The molecule has 5 nitrogen and oxygen atoms in total.